The number of hydrogen-bond donors (Lipinski definition) is 2. The van der Waals surface area contributed by atoms with Crippen LogP contribution in [0.25, 0.3) is 0 Å². The zero-order valence-electron chi connectivity index (χ0n) is 9.99. The van der Waals surface area contributed by atoms with Crippen LogP contribution in [0.3, 0.4) is 0 Å². The summed E-state index contributed by atoms with van der Waals surface area (Å²) in [5.41, 5.74) is 7.35. The van der Waals surface area contributed by atoms with Crippen LogP contribution in [0.15, 0.2) is 24.3 Å². The Balaban J connectivity index is 2.56. The summed E-state index contributed by atoms with van der Waals surface area (Å²) in [4.78, 5) is 11.8. The summed E-state index contributed by atoms with van der Waals surface area (Å²) in [5.74, 6) is -0.0700. The average Bonchev–Trinajstić information content (AvgIpc) is 2.28. The Hall–Kier alpha value is -1.51. The average molecular weight is 220 g/mol. The second-order valence-corrected chi connectivity index (χ2v) is 4.04. The van der Waals surface area contributed by atoms with Crippen molar-refractivity contribution < 1.29 is 4.79 Å². The van der Waals surface area contributed by atoms with Crippen LogP contribution in [0.2, 0.25) is 0 Å². The molecule has 1 amide bonds. The third kappa shape index (κ3) is 3.57. The Labute approximate surface area is 97.0 Å². The minimum Gasteiger partial charge on any atom is -0.399 e. The van der Waals surface area contributed by atoms with Gasteiger partial charge in [-0.2, -0.15) is 0 Å². The zero-order chi connectivity index (χ0) is 12.0. The Morgan fingerprint density at radius 2 is 2.25 bits per heavy atom. The number of rotatable bonds is 5. The van der Waals surface area contributed by atoms with Gasteiger partial charge in [0, 0.05) is 12.2 Å². The molecule has 0 heterocycles. The van der Waals surface area contributed by atoms with E-state index in [-0.39, 0.29) is 11.8 Å². The van der Waals surface area contributed by atoms with Crippen molar-refractivity contribution in [2.75, 3.05) is 12.3 Å². The number of hydrogen-bond acceptors (Lipinski definition) is 2. The second kappa shape index (κ2) is 6.16. The summed E-state index contributed by atoms with van der Waals surface area (Å²) in [7, 11) is 0. The number of carbonyl (C=O) groups is 1. The first-order valence-electron chi connectivity index (χ1n) is 5.78. The fourth-order valence-electron chi connectivity index (χ4n) is 1.52. The molecule has 0 aliphatic heterocycles. The van der Waals surface area contributed by atoms with Gasteiger partial charge < -0.3 is 11.1 Å². The van der Waals surface area contributed by atoms with Gasteiger partial charge in [0.15, 0.2) is 0 Å². The molecule has 3 nitrogen and oxygen atoms in total. The van der Waals surface area contributed by atoms with Crippen molar-refractivity contribution in [1.29, 1.82) is 0 Å². The Morgan fingerprint density at radius 3 is 2.88 bits per heavy atom. The lowest BCUT2D eigenvalue weighted by atomic mass is 10.00. The zero-order valence-corrected chi connectivity index (χ0v) is 9.99. The van der Waals surface area contributed by atoms with Crippen LogP contribution in [0.5, 0.6) is 0 Å². The van der Waals surface area contributed by atoms with Crippen LogP contribution in [0.1, 0.15) is 38.2 Å². The van der Waals surface area contributed by atoms with Crippen molar-refractivity contribution in [3.63, 3.8) is 0 Å². The Morgan fingerprint density at radius 1 is 1.50 bits per heavy atom. The van der Waals surface area contributed by atoms with Gasteiger partial charge in [0.05, 0.1) is 5.92 Å². The summed E-state index contributed by atoms with van der Waals surface area (Å²) >= 11 is 0. The summed E-state index contributed by atoms with van der Waals surface area (Å²) in [6.45, 7) is 4.76. The molecule has 0 saturated heterocycles. The molecular weight excluding hydrogens is 200 g/mol. The molecule has 88 valence electrons. The van der Waals surface area contributed by atoms with E-state index in [0.717, 1.165) is 24.9 Å². The number of nitrogens with one attached hydrogen (secondary N) is 1. The van der Waals surface area contributed by atoms with Gasteiger partial charge >= 0.3 is 0 Å². The lowest BCUT2D eigenvalue weighted by molar-refractivity contribution is -0.122. The molecule has 1 aromatic rings. The van der Waals surface area contributed by atoms with Crippen molar-refractivity contribution in [2.24, 2.45) is 0 Å². The highest BCUT2D eigenvalue weighted by atomic mass is 16.1. The standard InChI is InChI=1S/C13H20N2O/c1-3-4-8-15-13(16)10(2)11-6-5-7-12(14)9-11/h5-7,9-10H,3-4,8,14H2,1-2H3,(H,15,16). The molecule has 1 atom stereocenters. The first-order chi connectivity index (χ1) is 7.65. The van der Waals surface area contributed by atoms with E-state index in [1.54, 1.807) is 0 Å². The highest BCUT2D eigenvalue weighted by molar-refractivity contribution is 5.83. The van der Waals surface area contributed by atoms with E-state index >= 15 is 0 Å². The van der Waals surface area contributed by atoms with Crippen molar-refractivity contribution in [3.05, 3.63) is 29.8 Å². The number of nitrogens with two attached hydrogens (primary N) is 1. The summed E-state index contributed by atoms with van der Waals surface area (Å²) in [5, 5.41) is 2.92. The third-order valence-electron chi connectivity index (χ3n) is 2.63. The van der Waals surface area contributed by atoms with Crippen LogP contribution in [-0.4, -0.2) is 12.5 Å². The van der Waals surface area contributed by atoms with E-state index in [9.17, 15) is 4.79 Å². The van der Waals surface area contributed by atoms with E-state index in [2.05, 4.69) is 12.2 Å². The molecule has 0 saturated carbocycles. The van der Waals surface area contributed by atoms with Crippen LogP contribution < -0.4 is 11.1 Å². The fourth-order valence-corrected chi connectivity index (χ4v) is 1.52. The number of benzene rings is 1. The van der Waals surface area contributed by atoms with Gasteiger partial charge in [0.25, 0.3) is 0 Å². The largest absolute Gasteiger partial charge is 0.399 e. The van der Waals surface area contributed by atoms with E-state index in [4.69, 9.17) is 5.73 Å². The molecule has 1 rings (SSSR count). The van der Waals surface area contributed by atoms with E-state index in [0.29, 0.717) is 5.69 Å². The molecule has 0 aliphatic rings. The second-order valence-electron chi connectivity index (χ2n) is 4.04. The number of carbonyl (C=O) groups excluding carboxylic acids is 1. The van der Waals surface area contributed by atoms with Crippen LogP contribution in [-0.2, 0) is 4.79 Å². The molecule has 0 radical (unpaired) electrons. The van der Waals surface area contributed by atoms with E-state index in [1.165, 1.54) is 0 Å². The summed E-state index contributed by atoms with van der Waals surface area (Å²) in [6.07, 6.45) is 2.11. The Kier molecular flexibility index (Phi) is 4.83. The topological polar surface area (TPSA) is 55.1 Å². The first-order valence-corrected chi connectivity index (χ1v) is 5.78. The van der Waals surface area contributed by atoms with Gasteiger partial charge in [-0.05, 0) is 31.0 Å². The van der Waals surface area contributed by atoms with E-state index in [1.807, 2.05) is 31.2 Å². The van der Waals surface area contributed by atoms with Crippen LogP contribution in [0.4, 0.5) is 5.69 Å². The maximum atomic E-state index is 11.8. The van der Waals surface area contributed by atoms with Gasteiger partial charge in [-0.1, -0.05) is 25.5 Å². The first kappa shape index (κ1) is 12.6. The van der Waals surface area contributed by atoms with Crippen molar-refractivity contribution in [2.45, 2.75) is 32.6 Å². The quantitative estimate of drug-likeness (QED) is 0.591. The highest BCUT2D eigenvalue weighted by Crippen LogP contribution is 2.17. The number of anilines is 1. The maximum absolute atomic E-state index is 11.8. The van der Waals surface area contributed by atoms with Crippen molar-refractivity contribution >= 4 is 11.6 Å². The molecule has 1 aromatic carbocycles. The maximum Gasteiger partial charge on any atom is 0.227 e. The van der Waals surface area contributed by atoms with Crippen molar-refractivity contribution in [1.82, 2.24) is 5.32 Å². The lowest BCUT2D eigenvalue weighted by Crippen LogP contribution is -2.28. The molecule has 16 heavy (non-hydrogen) atoms. The minimum absolute atomic E-state index is 0.0686. The molecule has 3 heteroatoms. The van der Waals surface area contributed by atoms with Gasteiger partial charge in [0.1, 0.15) is 0 Å². The number of nitrogen functional groups attached to an aromatic ring is 1. The molecular formula is C13H20N2O. The van der Waals surface area contributed by atoms with E-state index < -0.39 is 0 Å². The smallest absolute Gasteiger partial charge is 0.227 e. The molecule has 0 spiro atoms. The van der Waals surface area contributed by atoms with Crippen LogP contribution in [0, 0.1) is 0 Å². The molecule has 0 aromatic heterocycles. The number of amides is 1. The van der Waals surface area contributed by atoms with Gasteiger partial charge in [-0.3, -0.25) is 4.79 Å². The normalized spacial score (nSPS) is 12.1. The monoisotopic (exact) mass is 220 g/mol. The highest BCUT2D eigenvalue weighted by Gasteiger charge is 2.14. The predicted octanol–water partition coefficient (Wildman–Crippen LogP) is 2.29. The SMILES string of the molecule is CCCCNC(=O)C(C)c1cccc(N)c1. The van der Waals surface area contributed by atoms with Gasteiger partial charge in [0.2, 0.25) is 5.91 Å². The van der Waals surface area contributed by atoms with Crippen molar-refractivity contribution in [3.8, 4) is 0 Å². The molecule has 0 aliphatic carbocycles. The number of unbranched alkanes of at least 4 members (excludes halogenated alkanes) is 1. The summed E-state index contributed by atoms with van der Waals surface area (Å²) < 4.78 is 0. The minimum atomic E-state index is -0.139. The molecule has 3 N–H and O–H groups in total. The fraction of sp³-hybridized carbons (Fsp3) is 0.462. The predicted molar refractivity (Wildman–Crippen MR) is 67.2 cm³/mol. The molecule has 0 bridgehead atoms. The molecule has 1 unspecified atom stereocenters. The Bertz CT molecular complexity index is 350. The van der Waals surface area contributed by atoms with Gasteiger partial charge in [-0.25, -0.2) is 0 Å². The van der Waals surface area contributed by atoms with Gasteiger partial charge in [-0.15, -0.1) is 0 Å². The molecule has 0 fully saturated rings. The lowest BCUT2D eigenvalue weighted by Gasteiger charge is -2.12. The van der Waals surface area contributed by atoms with Crippen LogP contribution >= 0.6 is 0 Å². The third-order valence-corrected chi connectivity index (χ3v) is 2.63. The summed E-state index contributed by atoms with van der Waals surface area (Å²) in [6, 6.07) is 7.48.